The third-order valence-electron chi connectivity index (χ3n) is 7.58. The SMILES string of the molecule is Cc1ccc(S(=O)(=O)n2c(-c3cnn(C)c3)cc3c(-c4cc(CS(C)(=O)=O)ccc4Nc4ccc(F)cc4)cn(C)c(=O)c32)cc1. The number of fused-ring (bicyclic) bond motifs is 1. The maximum atomic E-state index is 14.4. The fraction of sp³-hybridized carbons (Fsp3) is 0.152. The number of nitrogens with one attached hydrogen (secondary N) is 1. The van der Waals surface area contributed by atoms with Crippen LogP contribution < -0.4 is 10.9 Å². The predicted octanol–water partition coefficient (Wildman–Crippen LogP) is 5.38. The molecule has 236 valence electrons. The Hall–Kier alpha value is -5.01. The summed E-state index contributed by atoms with van der Waals surface area (Å²) in [7, 11) is -4.48. The van der Waals surface area contributed by atoms with Gasteiger partial charge in [-0.2, -0.15) is 5.10 Å². The molecule has 0 aliphatic rings. The van der Waals surface area contributed by atoms with Gasteiger partial charge in [0.2, 0.25) is 0 Å². The Kier molecular flexibility index (Phi) is 7.69. The monoisotopic (exact) mass is 659 g/mol. The minimum Gasteiger partial charge on any atom is -0.355 e. The number of aryl methyl sites for hydroxylation is 3. The van der Waals surface area contributed by atoms with E-state index in [0.717, 1.165) is 15.8 Å². The first kappa shape index (κ1) is 31.0. The molecule has 3 heterocycles. The second kappa shape index (κ2) is 11.4. The van der Waals surface area contributed by atoms with Crippen LogP contribution in [-0.4, -0.2) is 41.4 Å². The van der Waals surface area contributed by atoms with Crippen LogP contribution in [0.2, 0.25) is 0 Å². The largest absolute Gasteiger partial charge is 0.355 e. The van der Waals surface area contributed by atoms with Crippen LogP contribution in [0.1, 0.15) is 11.1 Å². The Morgan fingerprint density at radius 2 is 1.57 bits per heavy atom. The maximum Gasteiger partial charge on any atom is 0.275 e. The minimum absolute atomic E-state index is 0.00186. The highest BCUT2D eigenvalue weighted by Gasteiger charge is 2.29. The molecular formula is C33H30FN5O5S2. The van der Waals surface area contributed by atoms with Gasteiger partial charge < -0.3 is 9.88 Å². The van der Waals surface area contributed by atoms with Crippen LogP contribution in [0.15, 0.2) is 101 Å². The normalized spacial score (nSPS) is 12.1. The summed E-state index contributed by atoms with van der Waals surface area (Å²) < 4.78 is 70.8. The maximum absolute atomic E-state index is 14.4. The molecule has 0 bridgehead atoms. The number of benzene rings is 3. The zero-order valence-electron chi connectivity index (χ0n) is 25.4. The number of nitrogens with zero attached hydrogens (tertiary/aromatic N) is 4. The highest BCUT2D eigenvalue weighted by atomic mass is 32.2. The molecule has 3 aromatic carbocycles. The first-order valence-corrected chi connectivity index (χ1v) is 17.6. The minimum atomic E-state index is -4.31. The highest BCUT2D eigenvalue weighted by Crippen LogP contribution is 2.39. The molecule has 0 saturated carbocycles. The molecule has 0 radical (unpaired) electrons. The smallest absolute Gasteiger partial charge is 0.275 e. The Morgan fingerprint density at radius 1 is 0.870 bits per heavy atom. The fourth-order valence-electron chi connectivity index (χ4n) is 5.43. The number of pyridine rings is 1. The average molecular weight is 660 g/mol. The molecule has 0 amide bonds. The number of rotatable bonds is 8. The molecule has 0 saturated heterocycles. The molecule has 6 rings (SSSR count). The average Bonchev–Trinajstić information content (AvgIpc) is 3.61. The Labute approximate surface area is 265 Å². The van der Waals surface area contributed by atoms with Gasteiger partial charge in [0.1, 0.15) is 11.3 Å². The van der Waals surface area contributed by atoms with E-state index in [1.165, 1.54) is 46.8 Å². The van der Waals surface area contributed by atoms with Crippen molar-refractivity contribution < 1.29 is 21.2 Å². The van der Waals surface area contributed by atoms with Crippen LogP contribution in [0, 0.1) is 12.7 Å². The van der Waals surface area contributed by atoms with Crippen molar-refractivity contribution in [2.75, 3.05) is 11.6 Å². The zero-order chi connectivity index (χ0) is 33.0. The second-order valence-electron chi connectivity index (χ2n) is 11.3. The summed E-state index contributed by atoms with van der Waals surface area (Å²) in [5.74, 6) is -0.650. The molecule has 0 fully saturated rings. The van der Waals surface area contributed by atoms with E-state index >= 15 is 0 Å². The van der Waals surface area contributed by atoms with Crippen LogP contribution >= 0.6 is 0 Å². The van der Waals surface area contributed by atoms with Gasteiger partial charge in [-0.25, -0.2) is 25.2 Å². The van der Waals surface area contributed by atoms with E-state index in [0.29, 0.717) is 39.0 Å². The molecule has 46 heavy (non-hydrogen) atoms. The van der Waals surface area contributed by atoms with Gasteiger partial charge in [-0.05, 0) is 67.1 Å². The number of hydrogen-bond acceptors (Lipinski definition) is 7. The first-order valence-electron chi connectivity index (χ1n) is 14.1. The molecule has 6 aromatic rings. The molecule has 1 N–H and O–H groups in total. The number of aromatic nitrogens is 4. The number of hydrogen-bond donors (Lipinski definition) is 1. The van der Waals surface area contributed by atoms with E-state index in [4.69, 9.17) is 0 Å². The van der Waals surface area contributed by atoms with Crippen molar-refractivity contribution in [2.24, 2.45) is 14.1 Å². The topological polar surface area (TPSA) is 125 Å². The first-order chi connectivity index (χ1) is 21.7. The van der Waals surface area contributed by atoms with Crippen molar-refractivity contribution in [3.63, 3.8) is 0 Å². The van der Waals surface area contributed by atoms with Crippen molar-refractivity contribution in [3.8, 4) is 22.4 Å². The van der Waals surface area contributed by atoms with Crippen molar-refractivity contribution in [3.05, 3.63) is 119 Å². The quantitative estimate of drug-likeness (QED) is 0.233. The molecule has 0 atom stereocenters. The number of sulfone groups is 1. The van der Waals surface area contributed by atoms with E-state index < -0.39 is 31.2 Å². The van der Waals surface area contributed by atoms with E-state index in [-0.39, 0.29) is 21.9 Å². The van der Waals surface area contributed by atoms with Crippen LogP contribution in [0.5, 0.6) is 0 Å². The Balaban J connectivity index is 1.69. The standard InChI is InChI=1S/C33H30FN5O5S2/c1-21-5-12-26(13-6-21)46(43,44)39-31(23-17-35-38(3)18-23)16-28-29(19-37(2)33(40)32(28)39)27-15-22(20-45(4,41)42)7-14-30(27)36-25-10-8-24(34)9-11-25/h5-19,36H,20H2,1-4H3. The van der Waals surface area contributed by atoms with Gasteiger partial charge in [-0.3, -0.25) is 9.48 Å². The van der Waals surface area contributed by atoms with Gasteiger partial charge in [0.25, 0.3) is 15.6 Å². The number of anilines is 2. The van der Waals surface area contributed by atoms with Crippen LogP contribution in [0.3, 0.4) is 0 Å². The van der Waals surface area contributed by atoms with E-state index in [1.54, 1.807) is 68.0 Å². The van der Waals surface area contributed by atoms with Crippen molar-refractivity contribution in [1.82, 2.24) is 18.3 Å². The molecule has 10 nitrogen and oxygen atoms in total. The van der Waals surface area contributed by atoms with E-state index in [1.807, 2.05) is 6.92 Å². The van der Waals surface area contributed by atoms with Gasteiger partial charge in [0.15, 0.2) is 9.84 Å². The molecule has 0 aliphatic carbocycles. The summed E-state index contributed by atoms with van der Waals surface area (Å²) in [5.41, 5.74) is 3.50. The summed E-state index contributed by atoms with van der Waals surface area (Å²) in [6.45, 7) is 1.85. The van der Waals surface area contributed by atoms with Crippen LogP contribution in [-0.2, 0) is 39.7 Å². The van der Waals surface area contributed by atoms with Crippen molar-refractivity contribution >= 4 is 42.1 Å². The second-order valence-corrected chi connectivity index (χ2v) is 15.2. The molecule has 0 spiro atoms. The summed E-state index contributed by atoms with van der Waals surface area (Å²) >= 11 is 0. The molecule has 13 heteroatoms. The molecule has 3 aromatic heterocycles. The summed E-state index contributed by atoms with van der Waals surface area (Å²) in [6.07, 6.45) is 5.91. The lowest BCUT2D eigenvalue weighted by molar-refractivity contribution is 0.589. The van der Waals surface area contributed by atoms with Gasteiger partial charge >= 0.3 is 0 Å². The molecule has 0 aliphatic heterocycles. The lowest BCUT2D eigenvalue weighted by Crippen LogP contribution is -2.23. The number of halogens is 1. The predicted molar refractivity (Wildman–Crippen MR) is 177 cm³/mol. The van der Waals surface area contributed by atoms with Crippen molar-refractivity contribution in [2.45, 2.75) is 17.6 Å². The van der Waals surface area contributed by atoms with Crippen LogP contribution in [0.25, 0.3) is 33.3 Å². The third kappa shape index (κ3) is 5.86. The van der Waals surface area contributed by atoms with Crippen molar-refractivity contribution in [1.29, 1.82) is 0 Å². The van der Waals surface area contributed by atoms with E-state index in [9.17, 15) is 26.0 Å². The van der Waals surface area contributed by atoms with Gasteiger partial charge in [-0.15, -0.1) is 0 Å². The molecular weight excluding hydrogens is 630 g/mol. The van der Waals surface area contributed by atoms with Gasteiger partial charge in [0.05, 0.1) is 22.5 Å². The molecule has 0 unspecified atom stereocenters. The van der Waals surface area contributed by atoms with Crippen LogP contribution in [0.4, 0.5) is 15.8 Å². The van der Waals surface area contributed by atoms with E-state index in [2.05, 4.69) is 10.4 Å². The lowest BCUT2D eigenvalue weighted by atomic mass is 9.99. The highest BCUT2D eigenvalue weighted by molar-refractivity contribution is 7.90. The summed E-state index contributed by atoms with van der Waals surface area (Å²) in [4.78, 5) is 13.9. The zero-order valence-corrected chi connectivity index (χ0v) is 27.0. The third-order valence-corrected chi connectivity index (χ3v) is 10.2. The Morgan fingerprint density at radius 3 is 2.20 bits per heavy atom. The Bertz CT molecular complexity index is 2410. The van der Waals surface area contributed by atoms with Gasteiger partial charge in [-0.1, -0.05) is 23.8 Å². The fourth-order valence-corrected chi connectivity index (χ4v) is 7.74. The summed E-state index contributed by atoms with van der Waals surface area (Å²) in [6, 6.07) is 18.8. The summed E-state index contributed by atoms with van der Waals surface area (Å²) in [5, 5.41) is 7.83. The lowest BCUT2D eigenvalue weighted by Gasteiger charge is -2.16. The van der Waals surface area contributed by atoms with Gasteiger partial charge in [0, 0.05) is 66.2 Å².